The predicted molar refractivity (Wildman–Crippen MR) is 64.5 cm³/mol. The molecule has 0 spiro atoms. The van der Waals surface area contributed by atoms with Gasteiger partial charge in [-0.15, -0.1) is 0 Å². The van der Waals surface area contributed by atoms with Crippen molar-refractivity contribution in [1.29, 1.82) is 0 Å². The van der Waals surface area contributed by atoms with Crippen molar-refractivity contribution in [3.8, 4) is 0 Å². The van der Waals surface area contributed by atoms with E-state index < -0.39 is 17.7 Å². The van der Waals surface area contributed by atoms with Crippen molar-refractivity contribution in [3.05, 3.63) is 29.6 Å². The number of aromatic amines is 1. The molecule has 1 saturated heterocycles. The lowest BCUT2D eigenvalue weighted by Crippen LogP contribution is -2.53. The molecule has 1 amide bonds. The van der Waals surface area contributed by atoms with Crippen LogP contribution in [0.2, 0.25) is 0 Å². The summed E-state index contributed by atoms with van der Waals surface area (Å²) < 4.78 is 26.6. The number of H-pyrrole nitrogens is 1. The van der Waals surface area contributed by atoms with Crippen LogP contribution in [0.5, 0.6) is 0 Å². The van der Waals surface area contributed by atoms with Gasteiger partial charge in [0.1, 0.15) is 11.3 Å². The number of carbonyl (C=O) groups excluding carboxylic acids is 1. The van der Waals surface area contributed by atoms with Crippen molar-refractivity contribution in [1.82, 2.24) is 20.6 Å². The highest BCUT2D eigenvalue weighted by Crippen LogP contribution is 2.18. The lowest BCUT2D eigenvalue weighted by molar-refractivity contribution is -0.124. The van der Waals surface area contributed by atoms with E-state index in [2.05, 4.69) is 20.6 Å². The molecule has 5 nitrogen and oxygen atoms in total. The summed E-state index contributed by atoms with van der Waals surface area (Å²) in [5.74, 6) is -1.56. The molecular formula is C12H12F2N4O. The van der Waals surface area contributed by atoms with E-state index in [1.54, 1.807) is 0 Å². The summed E-state index contributed by atoms with van der Waals surface area (Å²) in [6, 6.07) is 2.08. The van der Waals surface area contributed by atoms with Crippen LogP contribution in [0.3, 0.4) is 0 Å². The maximum Gasteiger partial charge on any atom is 0.237 e. The first-order valence-electron chi connectivity index (χ1n) is 5.99. The molecule has 0 radical (unpaired) electrons. The molecule has 0 bridgehead atoms. The van der Waals surface area contributed by atoms with Crippen LogP contribution in [-0.2, 0) is 11.2 Å². The van der Waals surface area contributed by atoms with E-state index in [1.807, 2.05) is 0 Å². The molecule has 1 aliphatic heterocycles. The van der Waals surface area contributed by atoms with Gasteiger partial charge in [-0.05, 0) is 12.1 Å². The highest BCUT2D eigenvalue weighted by atomic mass is 19.2. The van der Waals surface area contributed by atoms with Crippen LogP contribution in [0.15, 0.2) is 12.1 Å². The summed E-state index contributed by atoms with van der Waals surface area (Å²) in [4.78, 5) is 18.5. The monoisotopic (exact) mass is 266 g/mol. The number of nitrogens with zero attached hydrogens (tertiary/aromatic N) is 1. The van der Waals surface area contributed by atoms with Gasteiger partial charge in [-0.25, -0.2) is 13.8 Å². The number of benzene rings is 1. The molecular weight excluding hydrogens is 254 g/mol. The van der Waals surface area contributed by atoms with Crippen LogP contribution in [0.25, 0.3) is 11.0 Å². The maximum atomic E-state index is 13.5. The van der Waals surface area contributed by atoms with E-state index in [-0.39, 0.29) is 11.4 Å². The maximum absolute atomic E-state index is 13.5. The Morgan fingerprint density at radius 2 is 2.16 bits per heavy atom. The lowest BCUT2D eigenvalue weighted by Gasteiger charge is -2.22. The van der Waals surface area contributed by atoms with Gasteiger partial charge in [-0.1, -0.05) is 0 Å². The molecule has 1 unspecified atom stereocenters. The molecule has 1 aromatic heterocycles. The Morgan fingerprint density at radius 3 is 2.95 bits per heavy atom. The fourth-order valence-corrected chi connectivity index (χ4v) is 2.17. The number of hydrogen-bond donors (Lipinski definition) is 3. The highest BCUT2D eigenvalue weighted by molar-refractivity contribution is 5.83. The molecule has 3 rings (SSSR count). The first-order chi connectivity index (χ1) is 9.15. The Bertz CT molecular complexity index is 640. The minimum Gasteiger partial charge on any atom is -0.353 e. The van der Waals surface area contributed by atoms with Gasteiger partial charge in [0, 0.05) is 19.5 Å². The van der Waals surface area contributed by atoms with E-state index in [0.717, 1.165) is 6.07 Å². The Labute approximate surface area is 107 Å². The molecule has 1 aliphatic rings. The number of amides is 1. The number of nitrogens with one attached hydrogen (secondary N) is 3. The fourth-order valence-electron chi connectivity index (χ4n) is 2.17. The van der Waals surface area contributed by atoms with Crippen LogP contribution in [0, 0.1) is 11.6 Å². The van der Waals surface area contributed by atoms with E-state index in [4.69, 9.17) is 0 Å². The van der Waals surface area contributed by atoms with Gasteiger partial charge >= 0.3 is 0 Å². The Kier molecular flexibility index (Phi) is 2.90. The van der Waals surface area contributed by atoms with E-state index >= 15 is 0 Å². The molecule has 0 aliphatic carbocycles. The first kappa shape index (κ1) is 12.0. The zero-order chi connectivity index (χ0) is 13.4. The van der Waals surface area contributed by atoms with E-state index in [1.165, 1.54) is 6.07 Å². The van der Waals surface area contributed by atoms with Gasteiger partial charge in [0.2, 0.25) is 5.91 Å². The van der Waals surface area contributed by atoms with Crippen molar-refractivity contribution < 1.29 is 13.6 Å². The molecule has 0 saturated carbocycles. The summed E-state index contributed by atoms with van der Waals surface area (Å²) >= 11 is 0. The molecule has 1 atom stereocenters. The minimum absolute atomic E-state index is 0.0359. The highest BCUT2D eigenvalue weighted by Gasteiger charge is 2.23. The molecule has 3 N–H and O–H groups in total. The number of aromatic nitrogens is 2. The molecule has 1 fully saturated rings. The summed E-state index contributed by atoms with van der Waals surface area (Å²) in [5.41, 5.74) is 0.385. The summed E-state index contributed by atoms with van der Waals surface area (Å²) in [6.45, 7) is 1.27. The van der Waals surface area contributed by atoms with Gasteiger partial charge in [-0.2, -0.15) is 0 Å². The van der Waals surface area contributed by atoms with Gasteiger partial charge in [0.05, 0.1) is 11.6 Å². The third kappa shape index (κ3) is 2.17. The number of hydrogen-bond acceptors (Lipinski definition) is 3. The van der Waals surface area contributed by atoms with Gasteiger partial charge in [-0.3, -0.25) is 4.79 Å². The van der Waals surface area contributed by atoms with Crippen LogP contribution in [-0.4, -0.2) is 35.0 Å². The quantitative estimate of drug-likeness (QED) is 0.740. The van der Waals surface area contributed by atoms with Gasteiger partial charge in [0.25, 0.3) is 0 Å². The van der Waals surface area contributed by atoms with E-state index in [9.17, 15) is 13.6 Å². The van der Waals surface area contributed by atoms with Crippen LogP contribution < -0.4 is 10.6 Å². The normalized spacial score (nSPS) is 19.7. The average Bonchev–Trinajstić information content (AvgIpc) is 2.80. The predicted octanol–water partition coefficient (Wildman–Crippen LogP) is 0.472. The van der Waals surface area contributed by atoms with Crippen molar-refractivity contribution in [2.75, 3.05) is 13.1 Å². The Balaban J connectivity index is 1.89. The van der Waals surface area contributed by atoms with Crippen LogP contribution in [0.4, 0.5) is 8.78 Å². The first-order valence-corrected chi connectivity index (χ1v) is 5.99. The Hall–Kier alpha value is -2.02. The number of piperazine rings is 1. The number of fused-ring (bicyclic) bond motifs is 1. The molecule has 7 heteroatoms. The molecule has 2 heterocycles. The second-order valence-corrected chi connectivity index (χ2v) is 4.44. The largest absolute Gasteiger partial charge is 0.353 e. The molecule has 1 aromatic carbocycles. The summed E-state index contributed by atoms with van der Waals surface area (Å²) in [5, 5.41) is 5.78. The summed E-state index contributed by atoms with van der Waals surface area (Å²) in [7, 11) is 0. The standard InChI is InChI=1S/C12H12F2N4O/c13-6-1-2-7-11(10(6)14)18-9(17-7)5-8-12(19)16-4-3-15-8/h1-2,8,15H,3-5H2,(H,16,19)(H,17,18). The smallest absolute Gasteiger partial charge is 0.237 e. The zero-order valence-electron chi connectivity index (χ0n) is 9.96. The van der Waals surface area contributed by atoms with Crippen LogP contribution in [0.1, 0.15) is 5.82 Å². The van der Waals surface area contributed by atoms with Crippen LogP contribution >= 0.6 is 0 Å². The second kappa shape index (κ2) is 4.58. The number of imidazole rings is 1. The zero-order valence-corrected chi connectivity index (χ0v) is 9.96. The fraction of sp³-hybridized carbons (Fsp3) is 0.333. The lowest BCUT2D eigenvalue weighted by atomic mass is 10.1. The van der Waals surface area contributed by atoms with Crippen molar-refractivity contribution in [2.24, 2.45) is 0 Å². The topological polar surface area (TPSA) is 69.8 Å². The minimum atomic E-state index is -0.971. The second-order valence-electron chi connectivity index (χ2n) is 4.44. The van der Waals surface area contributed by atoms with Gasteiger partial charge in [0.15, 0.2) is 11.6 Å². The van der Waals surface area contributed by atoms with Crippen molar-refractivity contribution in [3.63, 3.8) is 0 Å². The third-order valence-corrected chi connectivity index (χ3v) is 3.12. The number of rotatable bonds is 2. The molecule has 100 valence electrons. The van der Waals surface area contributed by atoms with Crippen molar-refractivity contribution >= 4 is 16.9 Å². The van der Waals surface area contributed by atoms with E-state index in [0.29, 0.717) is 30.9 Å². The SMILES string of the molecule is O=C1NCCNC1Cc1nc2c(F)c(F)ccc2[nH]1. The Morgan fingerprint density at radius 1 is 1.32 bits per heavy atom. The molecule has 2 aromatic rings. The van der Waals surface area contributed by atoms with Gasteiger partial charge < -0.3 is 15.6 Å². The van der Waals surface area contributed by atoms with Crippen molar-refractivity contribution in [2.45, 2.75) is 12.5 Å². The molecule has 19 heavy (non-hydrogen) atoms. The third-order valence-electron chi connectivity index (χ3n) is 3.12. The summed E-state index contributed by atoms with van der Waals surface area (Å²) in [6.07, 6.45) is 0.307. The number of carbonyl (C=O) groups is 1. The number of halogens is 2. The average molecular weight is 266 g/mol.